The average Bonchev–Trinajstić information content (AvgIpc) is 2.67. The average molecular weight is 347 g/mol. The highest BCUT2D eigenvalue weighted by molar-refractivity contribution is 7.99. The van der Waals surface area contributed by atoms with Crippen molar-refractivity contribution in [1.29, 1.82) is 5.26 Å². The molecular formula is C21H21N3S. The van der Waals surface area contributed by atoms with Crippen LogP contribution in [0.3, 0.4) is 0 Å². The highest BCUT2D eigenvalue weighted by atomic mass is 32.2. The standard InChI is InChI=1S/C21H21N3S/c22-14-16-4-3-5-17(12-16)15-23-20-21(8-10-25-11-9-21)13-18-6-1-2-7-19(18)24-20/h1-7,12H,8-11,13,15H2,(H,23,24). The number of amidine groups is 1. The van der Waals surface area contributed by atoms with Gasteiger partial charge in [-0.15, -0.1) is 0 Å². The molecule has 1 spiro atoms. The lowest BCUT2D eigenvalue weighted by molar-refractivity contribution is 0.377. The Morgan fingerprint density at radius 2 is 1.96 bits per heavy atom. The molecule has 25 heavy (non-hydrogen) atoms. The van der Waals surface area contributed by atoms with Gasteiger partial charge in [0.05, 0.1) is 18.2 Å². The Morgan fingerprint density at radius 1 is 1.12 bits per heavy atom. The summed E-state index contributed by atoms with van der Waals surface area (Å²) in [6, 6.07) is 18.5. The van der Waals surface area contributed by atoms with Crippen LogP contribution in [0.4, 0.5) is 5.69 Å². The second-order valence-electron chi connectivity index (χ2n) is 6.83. The number of fused-ring (bicyclic) bond motifs is 1. The van der Waals surface area contributed by atoms with Crippen molar-refractivity contribution in [3.63, 3.8) is 0 Å². The van der Waals surface area contributed by atoms with Crippen LogP contribution in [0.25, 0.3) is 0 Å². The van der Waals surface area contributed by atoms with E-state index in [1.165, 1.54) is 35.6 Å². The first-order valence-electron chi connectivity index (χ1n) is 8.76. The molecule has 1 N–H and O–H groups in total. The number of hydrogen-bond acceptors (Lipinski definition) is 3. The minimum Gasteiger partial charge on any atom is -0.343 e. The predicted molar refractivity (Wildman–Crippen MR) is 105 cm³/mol. The van der Waals surface area contributed by atoms with Crippen LogP contribution in [0.2, 0.25) is 0 Å². The lowest BCUT2D eigenvalue weighted by atomic mass is 9.73. The number of thioether (sulfide) groups is 1. The van der Waals surface area contributed by atoms with Gasteiger partial charge in [0.15, 0.2) is 0 Å². The maximum absolute atomic E-state index is 9.09. The van der Waals surface area contributed by atoms with Crippen LogP contribution in [-0.2, 0) is 13.0 Å². The third-order valence-corrected chi connectivity index (χ3v) is 6.21. The zero-order chi connectivity index (χ0) is 17.1. The summed E-state index contributed by atoms with van der Waals surface area (Å²) in [7, 11) is 0. The number of aliphatic imine (C=N–C) groups is 1. The van der Waals surface area contributed by atoms with Crippen molar-refractivity contribution in [2.75, 3.05) is 16.8 Å². The van der Waals surface area contributed by atoms with Gasteiger partial charge in [0.2, 0.25) is 0 Å². The Bertz CT molecular complexity index is 844. The van der Waals surface area contributed by atoms with Crippen molar-refractivity contribution in [3.05, 3.63) is 65.2 Å². The van der Waals surface area contributed by atoms with Gasteiger partial charge in [-0.05, 0) is 60.1 Å². The molecule has 2 aliphatic rings. The van der Waals surface area contributed by atoms with E-state index in [-0.39, 0.29) is 5.41 Å². The molecule has 0 saturated carbocycles. The van der Waals surface area contributed by atoms with Crippen LogP contribution < -0.4 is 5.32 Å². The van der Waals surface area contributed by atoms with E-state index in [0.717, 1.165) is 17.8 Å². The number of anilines is 1. The Morgan fingerprint density at radius 3 is 2.80 bits per heavy atom. The third-order valence-electron chi connectivity index (χ3n) is 5.23. The maximum atomic E-state index is 9.09. The molecule has 0 unspecified atom stereocenters. The van der Waals surface area contributed by atoms with Crippen molar-refractivity contribution in [2.45, 2.75) is 25.8 Å². The Hall–Kier alpha value is -2.25. The van der Waals surface area contributed by atoms with Gasteiger partial charge in [0.25, 0.3) is 0 Å². The zero-order valence-corrected chi connectivity index (χ0v) is 15.0. The van der Waals surface area contributed by atoms with Crippen LogP contribution in [0.5, 0.6) is 0 Å². The first kappa shape index (κ1) is 16.2. The number of benzene rings is 2. The van der Waals surface area contributed by atoms with E-state index < -0.39 is 0 Å². The minimum absolute atomic E-state index is 0.145. The second-order valence-corrected chi connectivity index (χ2v) is 8.05. The normalized spacial score (nSPS) is 19.9. The molecule has 126 valence electrons. The number of nitrogens with zero attached hydrogens (tertiary/aromatic N) is 2. The van der Waals surface area contributed by atoms with E-state index in [0.29, 0.717) is 12.1 Å². The van der Waals surface area contributed by atoms with Gasteiger partial charge < -0.3 is 5.32 Å². The molecule has 3 nitrogen and oxygen atoms in total. The first-order valence-corrected chi connectivity index (χ1v) is 9.91. The molecule has 2 aromatic rings. The van der Waals surface area contributed by atoms with E-state index in [4.69, 9.17) is 10.3 Å². The van der Waals surface area contributed by atoms with Crippen LogP contribution in [0.15, 0.2) is 53.5 Å². The SMILES string of the molecule is N#Cc1cccc(CN=C2Nc3ccccc3CC23CCSCC3)c1. The summed E-state index contributed by atoms with van der Waals surface area (Å²) in [5, 5.41) is 12.7. The lowest BCUT2D eigenvalue weighted by Crippen LogP contribution is -2.44. The fourth-order valence-corrected chi connectivity index (χ4v) is 5.07. The molecule has 0 aliphatic carbocycles. The van der Waals surface area contributed by atoms with E-state index >= 15 is 0 Å². The summed E-state index contributed by atoms with van der Waals surface area (Å²) in [5.74, 6) is 3.54. The molecule has 0 amide bonds. The van der Waals surface area contributed by atoms with Crippen LogP contribution >= 0.6 is 11.8 Å². The number of nitriles is 1. The van der Waals surface area contributed by atoms with E-state index in [2.05, 4.69) is 35.7 Å². The zero-order valence-electron chi connectivity index (χ0n) is 14.2. The number of nitrogens with one attached hydrogen (secondary N) is 1. The molecule has 2 aliphatic heterocycles. The van der Waals surface area contributed by atoms with Crippen molar-refractivity contribution >= 4 is 23.3 Å². The monoisotopic (exact) mass is 347 g/mol. The maximum Gasteiger partial charge on any atom is 0.108 e. The molecule has 0 aromatic heterocycles. The van der Waals surface area contributed by atoms with Gasteiger partial charge in [-0.3, -0.25) is 4.99 Å². The summed E-state index contributed by atoms with van der Waals surface area (Å²) in [5.41, 5.74) is 4.53. The smallest absolute Gasteiger partial charge is 0.108 e. The molecule has 4 rings (SSSR count). The van der Waals surface area contributed by atoms with Gasteiger partial charge in [0.1, 0.15) is 5.84 Å². The highest BCUT2D eigenvalue weighted by Crippen LogP contribution is 2.44. The van der Waals surface area contributed by atoms with E-state index in [1.54, 1.807) is 0 Å². The van der Waals surface area contributed by atoms with Crippen molar-refractivity contribution in [1.82, 2.24) is 0 Å². The molecule has 2 aromatic carbocycles. The topological polar surface area (TPSA) is 48.2 Å². The van der Waals surface area contributed by atoms with Crippen LogP contribution in [-0.4, -0.2) is 17.3 Å². The summed E-state index contributed by atoms with van der Waals surface area (Å²) in [6.45, 7) is 0.620. The summed E-state index contributed by atoms with van der Waals surface area (Å²) >= 11 is 2.05. The molecule has 0 atom stereocenters. The Balaban J connectivity index is 1.66. The minimum atomic E-state index is 0.145. The summed E-state index contributed by atoms with van der Waals surface area (Å²) in [6.07, 6.45) is 3.43. The van der Waals surface area contributed by atoms with E-state index in [9.17, 15) is 0 Å². The highest BCUT2D eigenvalue weighted by Gasteiger charge is 2.41. The first-order chi connectivity index (χ1) is 12.3. The lowest BCUT2D eigenvalue weighted by Gasteiger charge is -2.42. The fraction of sp³-hybridized carbons (Fsp3) is 0.333. The van der Waals surface area contributed by atoms with Gasteiger partial charge in [-0.2, -0.15) is 17.0 Å². The summed E-state index contributed by atoms with van der Waals surface area (Å²) < 4.78 is 0. The molecule has 1 fully saturated rings. The molecule has 2 heterocycles. The van der Waals surface area contributed by atoms with Crippen LogP contribution in [0.1, 0.15) is 29.5 Å². The molecular weight excluding hydrogens is 326 g/mol. The van der Waals surface area contributed by atoms with Crippen LogP contribution in [0, 0.1) is 16.7 Å². The van der Waals surface area contributed by atoms with Gasteiger partial charge in [-0.25, -0.2) is 0 Å². The number of rotatable bonds is 2. The van der Waals surface area contributed by atoms with Gasteiger partial charge in [-0.1, -0.05) is 30.3 Å². The Labute approximate surface area is 153 Å². The third kappa shape index (κ3) is 3.29. The molecule has 0 bridgehead atoms. The molecule has 1 saturated heterocycles. The largest absolute Gasteiger partial charge is 0.343 e. The van der Waals surface area contributed by atoms with Crippen molar-refractivity contribution < 1.29 is 0 Å². The van der Waals surface area contributed by atoms with Gasteiger partial charge >= 0.3 is 0 Å². The second kappa shape index (κ2) is 6.93. The van der Waals surface area contributed by atoms with Crippen molar-refractivity contribution in [2.24, 2.45) is 10.4 Å². The van der Waals surface area contributed by atoms with Crippen molar-refractivity contribution in [3.8, 4) is 6.07 Å². The molecule has 0 radical (unpaired) electrons. The Kier molecular flexibility index (Phi) is 4.50. The molecule has 4 heteroatoms. The fourth-order valence-electron chi connectivity index (χ4n) is 3.80. The number of para-hydroxylation sites is 1. The number of hydrogen-bond donors (Lipinski definition) is 1. The van der Waals surface area contributed by atoms with E-state index in [1.807, 2.05) is 36.0 Å². The predicted octanol–water partition coefficient (Wildman–Crippen LogP) is 4.64. The summed E-state index contributed by atoms with van der Waals surface area (Å²) in [4.78, 5) is 4.99. The quantitative estimate of drug-likeness (QED) is 0.861. The van der Waals surface area contributed by atoms with Gasteiger partial charge in [0, 0.05) is 11.1 Å².